The lowest BCUT2D eigenvalue weighted by Crippen LogP contribution is -2.23. The summed E-state index contributed by atoms with van der Waals surface area (Å²) < 4.78 is 1.67. The van der Waals surface area contributed by atoms with Crippen LogP contribution in [-0.2, 0) is 26.1 Å². The van der Waals surface area contributed by atoms with E-state index in [1.165, 1.54) is 0 Å². The molecule has 6 nitrogen and oxygen atoms in total. The molecule has 0 aliphatic carbocycles. The molecule has 4 aromatic rings. The summed E-state index contributed by atoms with van der Waals surface area (Å²) in [5, 5.41) is 2.94. The quantitative estimate of drug-likeness (QED) is 0.407. The van der Waals surface area contributed by atoms with Crippen molar-refractivity contribution in [3.63, 3.8) is 0 Å². The van der Waals surface area contributed by atoms with Crippen LogP contribution in [0, 0.1) is 0 Å². The van der Waals surface area contributed by atoms with Gasteiger partial charge >= 0.3 is 0 Å². The Hall–Kier alpha value is -3.74. The molecule has 174 valence electrons. The standard InChI is InChI=1S/C27H26N4O2.ClH/c28-15-21-6-8-22(9-7-21)17-30-27(33)25-14-24(16-29-18-25)13-20-4-10-23(11-5-20)19-31-12-2-1-3-26(31)32;/h1-12,14,16,18H,13,15,17,19,28H2,(H,30,33);1H. The molecule has 2 aromatic carbocycles. The largest absolute Gasteiger partial charge is 0.348 e. The van der Waals surface area contributed by atoms with E-state index >= 15 is 0 Å². The van der Waals surface area contributed by atoms with Crippen LogP contribution in [0.25, 0.3) is 0 Å². The Morgan fingerprint density at radius 3 is 2.24 bits per heavy atom. The van der Waals surface area contributed by atoms with Crippen molar-refractivity contribution in [2.45, 2.75) is 26.1 Å². The van der Waals surface area contributed by atoms with Gasteiger partial charge in [-0.1, -0.05) is 54.6 Å². The van der Waals surface area contributed by atoms with E-state index in [-0.39, 0.29) is 23.9 Å². The molecule has 0 aliphatic rings. The fourth-order valence-electron chi connectivity index (χ4n) is 3.57. The molecule has 0 fully saturated rings. The van der Waals surface area contributed by atoms with E-state index in [1.54, 1.807) is 35.3 Å². The van der Waals surface area contributed by atoms with Crippen LogP contribution in [0.2, 0.25) is 0 Å². The number of pyridine rings is 2. The van der Waals surface area contributed by atoms with Crippen LogP contribution < -0.4 is 16.6 Å². The highest BCUT2D eigenvalue weighted by Gasteiger charge is 2.08. The number of benzene rings is 2. The fraction of sp³-hybridized carbons (Fsp3) is 0.148. The van der Waals surface area contributed by atoms with E-state index < -0.39 is 0 Å². The average Bonchev–Trinajstić information content (AvgIpc) is 2.85. The van der Waals surface area contributed by atoms with Crippen molar-refractivity contribution in [2.75, 3.05) is 0 Å². The monoisotopic (exact) mass is 474 g/mol. The van der Waals surface area contributed by atoms with Gasteiger partial charge in [0, 0.05) is 37.7 Å². The van der Waals surface area contributed by atoms with Crippen LogP contribution in [0.1, 0.15) is 38.2 Å². The molecule has 2 aromatic heterocycles. The smallest absolute Gasteiger partial charge is 0.253 e. The topological polar surface area (TPSA) is 90.0 Å². The third-order valence-corrected chi connectivity index (χ3v) is 5.45. The average molecular weight is 475 g/mol. The summed E-state index contributed by atoms with van der Waals surface area (Å²) in [6.45, 7) is 1.48. The molecule has 0 radical (unpaired) electrons. The zero-order valence-electron chi connectivity index (χ0n) is 18.7. The molecule has 2 heterocycles. The van der Waals surface area contributed by atoms with Crippen molar-refractivity contribution in [2.24, 2.45) is 5.73 Å². The zero-order chi connectivity index (χ0) is 23.0. The summed E-state index contributed by atoms with van der Waals surface area (Å²) in [6, 6.07) is 23.0. The van der Waals surface area contributed by atoms with Gasteiger partial charge in [-0.2, -0.15) is 0 Å². The first-order chi connectivity index (χ1) is 16.1. The number of halogens is 1. The third-order valence-electron chi connectivity index (χ3n) is 5.45. The molecule has 4 rings (SSSR count). The van der Waals surface area contributed by atoms with Crippen LogP contribution in [0.4, 0.5) is 0 Å². The lowest BCUT2D eigenvalue weighted by atomic mass is 10.0. The molecule has 7 heteroatoms. The van der Waals surface area contributed by atoms with Gasteiger partial charge in [-0.25, -0.2) is 0 Å². The van der Waals surface area contributed by atoms with Gasteiger partial charge in [0.2, 0.25) is 0 Å². The summed E-state index contributed by atoms with van der Waals surface area (Å²) in [6.07, 6.45) is 5.81. The van der Waals surface area contributed by atoms with E-state index in [1.807, 2.05) is 60.7 Å². The van der Waals surface area contributed by atoms with Crippen LogP contribution in [0.3, 0.4) is 0 Å². The van der Waals surface area contributed by atoms with Crippen LogP contribution in [0.15, 0.2) is 96.2 Å². The first-order valence-corrected chi connectivity index (χ1v) is 10.8. The number of carbonyl (C=O) groups excluding carboxylic acids is 1. The highest BCUT2D eigenvalue weighted by atomic mass is 35.5. The van der Waals surface area contributed by atoms with Gasteiger partial charge < -0.3 is 15.6 Å². The van der Waals surface area contributed by atoms with E-state index in [0.717, 1.165) is 27.8 Å². The predicted molar refractivity (Wildman–Crippen MR) is 136 cm³/mol. The van der Waals surface area contributed by atoms with Crippen molar-refractivity contribution >= 4 is 18.3 Å². The predicted octanol–water partition coefficient (Wildman–Crippen LogP) is 3.69. The van der Waals surface area contributed by atoms with E-state index in [2.05, 4.69) is 10.3 Å². The highest BCUT2D eigenvalue weighted by molar-refractivity contribution is 5.94. The van der Waals surface area contributed by atoms with Crippen molar-refractivity contribution in [3.05, 3.63) is 135 Å². The molecule has 0 saturated heterocycles. The molecule has 0 unspecified atom stereocenters. The molecule has 3 N–H and O–H groups in total. The first kappa shape index (κ1) is 24.9. The first-order valence-electron chi connectivity index (χ1n) is 10.8. The van der Waals surface area contributed by atoms with Gasteiger partial charge in [0.25, 0.3) is 11.5 Å². The number of carbonyl (C=O) groups is 1. The van der Waals surface area contributed by atoms with Crippen molar-refractivity contribution < 1.29 is 4.79 Å². The lowest BCUT2D eigenvalue weighted by molar-refractivity contribution is 0.0950. The lowest BCUT2D eigenvalue weighted by Gasteiger charge is -2.09. The number of nitrogens with two attached hydrogens (primary N) is 1. The molecule has 0 bridgehead atoms. The number of amides is 1. The maximum Gasteiger partial charge on any atom is 0.253 e. The molecule has 0 aliphatic heterocycles. The number of nitrogens with one attached hydrogen (secondary N) is 1. The van der Waals surface area contributed by atoms with Crippen LogP contribution in [-0.4, -0.2) is 15.5 Å². The minimum atomic E-state index is -0.157. The van der Waals surface area contributed by atoms with Gasteiger partial charge in [-0.15, -0.1) is 12.4 Å². The normalized spacial score (nSPS) is 10.4. The Labute approximate surface area is 204 Å². The minimum Gasteiger partial charge on any atom is -0.348 e. The van der Waals surface area contributed by atoms with Gasteiger partial charge in [0.1, 0.15) is 0 Å². The van der Waals surface area contributed by atoms with E-state index in [0.29, 0.717) is 31.6 Å². The Morgan fingerprint density at radius 2 is 1.53 bits per heavy atom. The Kier molecular flexibility index (Phi) is 8.73. The second-order valence-electron chi connectivity index (χ2n) is 7.95. The Bertz CT molecular complexity index is 1290. The summed E-state index contributed by atoms with van der Waals surface area (Å²) in [7, 11) is 0. The zero-order valence-corrected chi connectivity index (χ0v) is 19.5. The van der Waals surface area contributed by atoms with Crippen LogP contribution in [0.5, 0.6) is 0 Å². The summed E-state index contributed by atoms with van der Waals surface area (Å²) >= 11 is 0. The van der Waals surface area contributed by atoms with Gasteiger partial charge in [0.05, 0.1) is 12.1 Å². The molecule has 34 heavy (non-hydrogen) atoms. The van der Waals surface area contributed by atoms with Crippen molar-refractivity contribution in [1.82, 2.24) is 14.9 Å². The summed E-state index contributed by atoms with van der Waals surface area (Å²) in [4.78, 5) is 28.7. The number of aromatic nitrogens is 2. The maximum atomic E-state index is 12.6. The second kappa shape index (κ2) is 11.9. The SMILES string of the molecule is Cl.NCc1ccc(CNC(=O)c2cncc(Cc3ccc(Cn4ccccc4=O)cc3)c2)cc1. The third kappa shape index (κ3) is 6.63. The van der Waals surface area contributed by atoms with Crippen LogP contribution >= 0.6 is 12.4 Å². The molecule has 0 spiro atoms. The molecular weight excluding hydrogens is 448 g/mol. The Morgan fingerprint density at radius 1 is 0.853 bits per heavy atom. The number of rotatable bonds is 8. The van der Waals surface area contributed by atoms with Crippen molar-refractivity contribution in [1.29, 1.82) is 0 Å². The van der Waals surface area contributed by atoms with E-state index in [4.69, 9.17) is 5.73 Å². The van der Waals surface area contributed by atoms with Gasteiger partial charge in [-0.3, -0.25) is 14.6 Å². The number of hydrogen-bond donors (Lipinski definition) is 2. The van der Waals surface area contributed by atoms with E-state index in [9.17, 15) is 9.59 Å². The Balaban J connectivity index is 0.00000324. The highest BCUT2D eigenvalue weighted by Crippen LogP contribution is 2.13. The number of nitrogens with zero attached hydrogens (tertiary/aromatic N) is 2. The van der Waals surface area contributed by atoms with Crippen molar-refractivity contribution in [3.8, 4) is 0 Å². The summed E-state index contributed by atoms with van der Waals surface area (Å²) in [5.41, 5.74) is 11.3. The molecule has 0 atom stereocenters. The van der Waals surface area contributed by atoms with Gasteiger partial charge in [-0.05, 0) is 46.4 Å². The maximum absolute atomic E-state index is 12.6. The van der Waals surface area contributed by atoms with Gasteiger partial charge in [0.15, 0.2) is 0 Å². The number of hydrogen-bond acceptors (Lipinski definition) is 4. The molecule has 0 saturated carbocycles. The minimum absolute atomic E-state index is 0. The summed E-state index contributed by atoms with van der Waals surface area (Å²) in [5.74, 6) is -0.157. The second-order valence-corrected chi connectivity index (χ2v) is 7.95. The fourth-order valence-corrected chi connectivity index (χ4v) is 3.57. The molecule has 1 amide bonds. The molecular formula is C27H27ClN4O2.